The van der Waals surface area contributed by atoms with Gasteiger partial charge < -0.3 is 14.8 Å². The molecule has 0 saturated heterocycles. The molecule has 0 radical (unpaired) electrons. The van der Waals surface area contributed by atoms with Gasteiger partial charge in [0.05, 0.1) is 28.8 Å². The fourth-order valence-electron chi connectivity index (χ4n) is 2.36. The normalized spacial score (nSPS) is 10.4. The monoisotopic (exact) mass is 416 g/mol. The molecule has 28 heavy (non-hydrogen) atoms. The van der Waals surface area contributed by atoms with Gasteiger partial charge >= 0.3 is 0 Å². The Morgan fingerprint density at radius 1 is 0.929 bits per heavy atom. The highest BCUT2D eigenvalue weighted by atomic mass is 35.5. The summed E-state index contributed by atoms with van der Waals surface area (Å²) < 4.78 is 11.2. The van der Waals surface area contributed by atoms with Gasteiger partial charge in [0.15, 0.2) is 0 Å². The van der Waals surface area contributed by atoms with Crippen LogP contribution >= 0.6 is 23.2 Å². The van der Waals surface area contributed by atoms with E-state index in [2.05, 4.69) is 10.3 Å². The van der Waals surface area contributed by atoms with E-state index < -0.39 is 0 Å². The average Bonchev–Trinajstić information content (AvgIpc) is 2.70. The highest BCUT2D eigenvalue weighted by Gasteiger charge is 2.06. The minimum absolute atomic E-state index is 0.165. The Labute approximate surface area is 173 Å². The van der Waals surface area contributed by atoms with Crippen LogP contribution in [0.3, 0.4) is 0 Å². The van der Waals surface area contributed by atoms with Gasteiger partial charge in [-0.3, -0.25) is 9.78 Å². The molecule has 0 bridgehead atoms. The summed E-state index contributed by atoms with van der Waals surface area (Å²) in [5.41, 5.74) is 1.48. The lowest BCUT2D eigenvalue weighted by molar-refractivity contribution is -0.116. The summed E-state index contributed by atoms with van der Waals surface area (Å²) in [7, 11) is 0. The minimum atomic E-state index is -0.165. The Morgan fingerprint density at radius 2 is 1.79 bits per heavy atom. The third kappa shape index (κ3) is 6.15. The van der Waals surface area contributed by atoms with Gasteiger partial charge in [-0.25, -0.2) is 0 Å². The molecule has 2 aromatic carbocycles. The summed E-state index contributed by atoms with van der Waals surface area (Å²) in [6.45, 7) is 0.579. The molecular formula is C21H18Cl2N2O3. The molecule has 1 amide bonds. The molecule has 1 N–H and O–H groups in total. The molecule has 0 atom stereocenters. The van der Waals surface area contributed by atoms with E-state index in [9.17, 15) is 4.79 Å². The zero-order chi connectivity index (χ0) is 19.8. The van der Waals surface area contributed by atoms with E-state index in [4.69, 9.17) is 32.7 Å². The molecule has 144 valence electrons. The predicted octanol–water partition coefficient (Wildman–Crippen LogP) is 5.38. The maximum atomic E-state index is 12.1. The van der Waals surface area contributed by atoms with Crippen molar-refractivity contribution in [3.05, 3.63) is 82.6 Å². The highest BCUT2D eigenvalue weighted by molar-refractivity contribution is 6.42. The number of hydrogen-bond donors (Lipinski definition) is 1. The number of carbonyl (C=O) groups is 1. The van der Waals surface area contributed by atoms with E-state index in [0.29, 0.717) is 33.8 Å². The Bertz CT molecular complexity index is 936. The second-order valence-corrected chi connectivity index (χ2v) is 6.67. The minimum Gasteiger partial charge on any atom is -0.493 e. The van der Waals surface area contributed by atoms with E-state index >= 15 is 0 Å². The van der Waals surface area contributed by atoms with Crippen LogP contribution in [0.4, 0.5) is 5.69 Å². The van der Waals surface area contributed by atoms with Crippen LogP contribution in [-0.2, 0) is 11.4 Å². The topological polar surface area (TPSA) is 60.5 Å². The fraction of sp³-hybridized carbons (Fsp3) is 0.143. The summed E-state index contributed by atoms with van der Waals surface area (Å²) in [5.74, 6) is 1.05. The van der Waals surface area contributed by atoms with E-state index in [0.717, 1.165) is 5.69 Å². The first-order valence-electron chi connectivity index (χ1n) is 8.60. The first-order valence-corrected chi connectivity index (χ1v) is 9.36. The zero-order valence-corrected chi connectivity index (χ0v) is 16.4. The van der Waals surface area contributed by atoms with Crippen molar-refractivity contribution in [3.63, 3.8) is 0 Å². The SMILES string of the molecule is O=C(CCOc1ccc(Cl)c(Cl)c1)Nc1cccc(OCc2ccccn2)c1. The molecule has 5 nitrogen and oxygen atoms in total. The first-order chi connectivity index (χ1) is 13.6. The number of benzene rings is 2. The number of amides is 1. The lowest BCUT2D eigenvalue weighted by Gasteiger charge is -2.10. The standard InChI is InChI=1S/C21H18Cl2N2O3/c22-19-8-7-18(13-20(19)23)27-11-9-21(26)25-15-5-3-6-17(12-15)28-14-16-4-1-2-10-24-16/h1-8,10,12-13H,9,11,14H2,(H,25,26). The third-order valence-corrected chi connectivity index (χ3v) is 4.46. The van der Waals surface area contributed by atoms with Crippen LogP contribution in [0, 0.1) is 0 Å². The molecule has 0 saturated carbocycles. The number of nitrogens with zero attached hydrogens (tertiary/aromatic N) is 1. The van der Waals surface area contributed by atoms with Crippen molar-refractivity contribution < 1.29 is 14.3 Å². The summed E-state index contributed by atoms with van der Waals surface area (Å²) in [6, 6.07) is 17.8. The van der Waals surface area contributed by atoms with E-state index in [1.165, 1.54) is 0 Å². The van der Waals surface area contributed by atoms with Gasteiger partial charge in [-0.1, -0.05) is 35.3 Å². The zero-order valence-electron chi connectivity index (χ0n) is 14.9. The Morgan fingerprint density at radius 3 is 2.57 bits per heavy atom. The van der Waals surface area contributed by atoms with Crippen molar-refractivity contribution in [1.82, 2.24) is 4.98 Å². The lowest BCUT2D eigenvalue weighted by atomic mass is 10.3. The van der Waals surface area contributed by atoms with Crippen LogP contribution in [0.15, 0.2) is 66.9 Å². The van der Waals surface area contributed by atoms with Gasteiger partial charge in [-0.2, -0.15) is 0 Å². The molecule has 3 rings (SSSR count). The van der Waals surface area contributed by atoms with Crippen molar-refractivity contribution >= 4 is 34.8 Å². The van der Waals surface area contributed by atoms with Crippen molar-refractivity contribution in [2.45, 2.75) is 13.0 Å². The number of carbonyl (C=O) groups excluding carboxylic acids is 1. The van der Waals surface area contributed by atoms with Crippen LogP contribution in [0.2, 0.25) is 10.0 Å². The van der Waals surface area contributed by atoms with Gasteiger partial charge in [-0.15, -0.1) is 0 Å². The number of ether oxygens (including phenoxy) is 2. The number of pyridine rings is 1. The molecule has 0 aliphatic carbocycles. The summed E-state index contributed by atoms with van der Waals surface area (Å²) in [4.78, 5) is 16.3. The third-order valence-electron chi connectivity index (χ3n) is 3.72. The Balaban J connectivity index is 1.46. The molecule has 3 aromatic rings. The number of nitrogens with one attached hydrogen (secondary N) is 1. The fourth-order valence-corrected chi connectivity index (χ4v) is 2.64. The van der Waals surface area contributed by atoms with Gasteiger partial charge in [0.2, 0.25) is 5.91 Å². The van der Waals surface area contributed by atoms with Crippen LogP contribution < -0.4 is 14.8 Å². The largest absolute Gasteiger partial charge is 0.493 e. The van der Waals surface area contributed by atoms with Crippen LogP contribution in [0.5, 0.6) is 11.5 Å². The second kappa shape index (κ2) is 9.97. The summed E-state index contributed by atoms with van der Waals surface area (Å²) >= 11 is 11.8. The van der Waals surface area contributed by atoms with Crippen LogP contribution in [0.1, 0.15) is 12.1 Å². The van der Waals surface area contributed by atoms with Gasteiger partial charge in [0.25, 0.3) is 0 Å². The first kappa shape index (κ1) is 20.0. The molecule has 1 heterocycles. The molecule has 0 aliphatic heterocycles. The number of rotatable bonds is 8. The molecule has 0 unspecified atom stereocenters. The smallest absolute Gasteiger partial charge is 0.227 e. The number of hydrogen-bond acceptors (Lipinski definition) is 4. The van der Waals surface area contributed by atoms with E-state index in [-0.39, 0.29) is 18.9 Å². The highest BCUT2D eigenvalue weighted by Crippen LogP contribution is 2.26. The van der Waals surface area contributed by atoms with Crippen LogP contribution in [0.25, 0.3) is 0 Å². The lowest BCUT2D eigenvalue weighted by Crippen LogP contribution is -2.15. The van der Waals surface area contributed by atoms with Crippen molar-refractivity contribution in [3.8, 4) is 11.5 Å². The molecule has 0 spiro atoms. The molecule has 1 aromatic heterocycles. The Hall–Kier alpha value is -2.76. The number of anilines is 1. The molecule has 0 aliphatic rings. The van der Waals surface area contributed by atoms with Crippen LogP contribution in [-0.4, -0.2) is 17.5 Å². The molecular weight excluding hydrogens is 399 g/mol. The average molecular weight is 417 g/mol. The number of halogens is 2. The molecule has 7 heteroatoms. The second-order valence-electron chi connectivity index (χ2n) is 5.86. The quantitative estimate of drug-likeness (QED) is 0.535. The van der Waals surface area contributed by atoms with Crippen molar-refractivity contribution in [2.24, 2.45) is 0 Å². The predicted molar refractivity (Wildman–Crippen MR) is 110 cm³/mol. The van der Waals surface area contributed by atoms with Crippen molar-refractivity contribution in [1.29, 1.82) is 0 Å². The van der Waals surface area contributed by atoms with E-state index in [1.807, 2.05) is 30.3 Å². The van der Waals surface area contributed by atoms with Gasteiger partial charge in [-0.05, 0) is 36.4 Å². The van der Waals surface area contributed by atoms with E-state index in [1.54, 1.807) is 36.5 Å². The van der Waals surface area contributed by atoms with Crippen molar-refractivity contribution in [2.75, 3.05) is 11.9 Å². The summed E-state index contributed by atoms with van der Waals surface area (Å²) in [6.07, 6.45) is 1.91. The maximum Gasteiger partial charge on any atom is 0.227 e. The molecule has 0 fully saturated rings. The summed E-state index contributed by atoms with van der Waals surface area (Å²) in [5, 5.41) is 3.69. The van der Waals surface area contributed by atoms with Gasteiger partial charge in [0, 0.05) is 24.0 Å². The Kier molecular flexibility index (Phi) is 7.12. The number of aromatic nitrogens is 1. The van der Waals surface area contributed by atoms with Gasteiger partial charge in [0.1, 0.15) is 18.1 Å². The maximum absolute atomic E-state index is 12.1.